The highest BCUT2D eigenvalue weighted by Gasteiger charge is 2.22. The minimum Gasteiger partial charge on any atom is -0.507 e. The molecule has 0 saturated heterocycles. The fourth-order valence-electron chi connectivity index (χ4n) is 5.52. The van der Waals surface area contributed by atoms with E-state index >= 15 is 0 Å². The summed E-state index contributed by atoms with van der Waals surface area (Å²) in [5.41, 5.74) is 7.25. The van der Waals surface area contributed by atoms with Gasteiger partial charge >= 0.3 is 0 Å². The monoisotopic (exact) mass is 476 g/mol. The van der Waals surface area contributed by atoms with Crippen LogP contribution in [0.2, 0.25) is 0 Å². The first-order valence-corrected chi connectivity index (χ1v) is 12.5. The highest BCUT2D eigenvalue weighted by molar-refractivity contribution is 5.51. The molecule has 0 heterocycles. The fourth-order valence-corrected chi connectivity index (χ4v) is 5.52. The highest BCUT2D eigenvalue weighted by Crippen LogP contribution is 2.40. The summed E-state index contributed by atoms with van der Waals surface area (Å²) in [4.78, 5) is 0. The van der Waals surface area contributed by atoms with E-state index < -0.39 is 0 Å². The van der Waals surface area contributed by atoms with Crippen molar-refractivity contribution in [3.63, 3.8) is 0 Å². The van der Waals surface area contributed by atoms with Crippen molar-refractivity contribution >= 4 is 0 Å². The predicted molar refractivity (Wildman–Crippen MR) is 137 cm³/mol. The van der Waals surface area contributed by atoms with E-state index in [1.807, 2.05) is 38.1 Å². The Morgan fingerprint density at radius 2 is 1.09 bits per heavy atom. The Morgan fingerprint density at radius 1 is 0.600 bits per heavy atom. The smallest absolute Gasteiger partial charge is 0.124 e. The summed E-state index contributed by atoms with van der Waals surface area (Å²) in [6.07, 6.45) is 6.81. The standard InChI is InChI=1S/C30H36O5/c1-18-8-20(13-25(16-31)28(18)33)10-22-12-24(11-21-9-19(2)29(34)26(14-21)17-32)30(35)27(15-22)23-6-4-3-5-7-23/h8-9,12-15,23,31-35H,3-7,10-11,16-17H2,1-2H3. The number of aliphatic hydroxyl groups excluding tert-OH is 2. The molecule has 186 valence electrons. The number of aromatic hydroxyl groups is 3. The normalized spacial score (nSPS) is 14.4. The van der Waals surface area contributed by atoms with Crippen LogP contribution in [0.15, 0.2) is 36.4 Å². The van der Waals surface area contributed by atoms with Crippen LogP contribution in [0, 0.1) is 13.8 Å². The molecule has 1 aliphatic carbocycles. The maximum absolute atomic E-state index is 11.3. The van der Waals surface area contributed by atoms with Gasteiger partial charge in [-0.3, -0.25) is 0 Å². The molecule has 1 aliphatic rings. The number of rotatable bonds is 7. The molecule has 4 rings (SSSR count). The molecular weight excluding hydrogens is 440 g/mol. The molecule has 0 unspecified atom stereocenters. The van der Waals surface area contributed by atoms with Gasteiger partial charge in [0.2, 0.25) is 0 Å². The second kappa shape index (κ2) is 10.7. The molecule has 35 heavy (non-hydrogen) atoms. The van der Waals surface area contributed by atoms with Crippen LogP contribution in [-0.4, -0.2) is 25.5 Å². The summed E-state index contributed by atoms with van der Waals surface area (Å²) < 4.78 is 0. The summed E-state index contributed by atoms with van der Waals surface area (Å²) in [7, 11) is 0. The minimum atomic E-state index is -0.243. The number of phenolic OH excluding ortho intramolecular Hbond substituents is 1. The number of aliphatic hydroxyl groups is 2. The summed E-state index contributed by atoms with van der Waals surface area (Å²) in [6, 6.07) is 11.6. The first-order chi connectivity index (χ1) is 16.8. The molecule has 5 heteroatoms. The van der Waals surface area contributed by atoms with Crippen LogP contribution >= 0.6 is 0 Å². The average molecular weight is 477 g/mol. The van der Waals surface area contributed by atoms with E-state index in [1.165, 1.54) is 6.42 Å². The molecule has 0 spiro atoms. The molecule has 1 fully saturated rings. The Kier molecular flexibility index (Phi) is 7.68. The van der Waals surface area contributed by atoms with E-state index in [2.05, 4.69) is 6.07 Å². The van der Waals surface area contributed by atoms with Gasteiger partial charge in [0.25, 0.3) is 0 Å². The van der Waals surface area contributed by atoms with Gasteiger partial charge in [-0.1, -0.05) is 43.5 Å². The summed E-state index contributed by atoms with van der Waals surface area (Å²) in [6.45, 7) is 3.18. The van der Waals surface area contributed by atoms with Gasteiger partial charge in [-0.05, 0) is 90.1 Å². The first-order valence-electron chi connectivity index (χ1n) is 12.5. The summed E-state index contributed by atoms with van der Waals surface area (Å²) in [5.74, 6) is 0.911. The first kappa shape index (κ1) is 25.1. The van der Waals surface area contributed by atoms with Crippen molar-refractivity contribution in [1.82, 2.24) is 0 Å². The zero-order chi connectivity index (χ0) is 25.1. The van der Waals surface area contributed by atoms with Gasteiger partial charge in [0.1, 0.15) is 17.2 Å². The van der Waals surface area contributed by atoms with Crippen LogP contribution in [0.25, 0.3) is 0 Å². The van der Waals surface area contributed by atoms with E-state index in [0.717, 1.165) is 59.1 Å². The largest absolute Gasteiger partial charge is 0.507 e. The zero-order valence-corrected chi connectivity index (χ0v) is 20.6. The predicted octanol–water partition coefficient (Wildman–Crippen LogP) is 5.63. The molecule has 0 radical (unpaired) electrons. The molecule has 5 N–H and O–H groups in total. The van der Waals surface area contributed by atoms with E-state index in [4.69, 9.17) is 0 Å². The lowest BCUT2D eigenvalue weighted by Crippen LogP contribution is -2.07. The van der Waals surface area contributed by atoms with Crippen molar-refractivity contribution in [2.24, 2.45) is 0 Å². The van der Waals surface area contributed by atoms with Crippen molar-refractivity contribution < 1.29 is 25.5 Å². The maximum atomic E-state index is 11.3. The molecule has 5 nitrogen and oxygen atoms in total. The Morgan fingerprint density at radius 3 is 1.63 bits per heavy atom. The van der Waals surface area contributed by atoms with Crippen LogP contribution in [0.3, 0.4) is 0 Å². The number of hydrogen-bond donors (Lipinski definition) is 5. The van der Waals surface area contributed by atoms with Gasteiger partial charge in [-0.15, -0.1) is 0 Å². The van der Waals surface area contributed by atoms with E-state index in [1.54, 1.807) is 6.07 Å². The van der Waals surface area contributed by atoms with E-state index in [-0.39, 0.29) is 24.7 Å². The van der Waals surface area contributed by atoms with Gasteiger partial charge in [0.15, 0.2) is 0 Å². The van der Waals surface area contributed by atoms with Crippen LogP contribution in [0.1, 0.15) is 88.1 Å². The average Bonchev–Trinajstić information content (AvgIpc) is 2.85. The Labute approximate surface area is 207 Å². The van der Waals surface area contributed by atoms with Crippen molar-refractivity contribution in [2.45, 2.75) is 77.9 Å². The fraction of sp³-hybridized carbons (Fsp3) is 0.400. The van der Waals surface area contributed by atoms with Crippen LogP contribution < -0.4 is 0 Å². The molecule has 3 aromatic rings. The summed E-state index contributed by atoms with van der Waals surface area (Å²) >= 11 is 0. The number of phenols is 3. The molecule has 0 aliphatic heterocycles. The van der Waals surface area contributed by atoms with Crippen LogP contribution in [0.4, 0.5) is 0 Å². The summed E-state index contributed by atoms with van der Waals surface area (Å²) in [5, 5.41) is 51.0. The quantitative estimate of drug-likeness (QED) is 0.304. The lowest BCUT2D eigenvalue weighted by atomic mass is 9.81. The van der Waals surface area contributed by atoms with Gasteiger partial charge < -0.3 is 25.5 Å². The Hall–Kier alpha value is -3.02. The topological polar surface area (TPSA) is 101 Å². The van der Waals surface area contributed by atoms with Gasteiger partial charge in [-0.25, -0.2) is 0 Å². The van der Waals surface area contributed by atoms with Gasteiger partial charge in [0.05, 0.1) is 13.2 Å². The second-order valence-electron chi connectivity index (χ2n) is 10.0. The molecular formula is C30H36O5. The lowest BCUT2D eigenvalue weighted by molar-refractivity contribution is 0.275. The number of hydrogen-bond acceptors (Lipinski definition) is 5. The molecule has 0 aromatic heterocycles. The lowest BCUT2D eigenvalue weighted by Gasteiger charge is -2.25. The van der Waals surface area contributed by atoms with Crippen molar-refractivity contribution in [3.8, 4) is 17.2 Å². The SMILES string of the molecule is Cc1cc(Cc2cc(Cc3cc(C)c(O)c(CO)c3)c(O)c(C3CCCCC3)c2)cc(CO)c1O. The highest BCUT2D eigenvalue weighted by atomic mass is 16.3. The molecule has 0 bridgehead atoms. The van der Waals surface area contributed by atoms with Gasteiger partial charge in [0, 0.05) is 17.5 Å². The van der Waals surface area contributed by atoms with E-state index in [0.29, 0.717) is 41.2 Å². The Balaban J connectivity index is 1.75. The third-order valence-corrected chi connectivity index (χ3v) is 7.35. The molecule has 3 aromatic carbocycles. The number of aryl methyl sites for hydroxylation is 2. The molecule has 0 amide bonds. The maximum Gasteiger partial charge on any atom is 0.124 e. The van der Waals surface area contributed by atoms with Crippen molar-refractivity contribution in [1.29, 1.82) is 0 Å². The van der Waals surface area contributed by atoms with Crippen LogP contribution in [-0.2, 0) is 26.1 Å². The molecule has 1 saturated carbocycles. The van der Waals surface area contributed by atoms with Crippen molar-refractivity contribution in [3.05, 3.63) is 86.5 Å². The van der Waals surface area contributed by atoms with Crippen molar-refractivity contribution in [2.75, 3.05) is 0 Å². The minimum absolute atomic E-state index is 0.111. The zero-order valence-electron chi connectivity index (χ0n) is 20.6. The Bertz CT molecular complexity index is 1210. The second-order valence-corrected chi connectivity index (χ2v) is 10.0. The van der Waals surface area contributed by atoms with Gasteiger partial charge in [-0.2, -0.15) is 0 Å². The third kappa shape index (κ3) is 5.47. The third-order valence-electron chi connectivity index (χ3n) is 7.35. The molecule has 0 atom stereocenters. The van der Waals surface area contributed by atoms with E-state index in [9.17, 15) is 25.5 Å². The number of benzene rings is 3. The van der Waals surface area contributed by atoms with Crippen LogP contribution in [0.5, 0.6) is 17.2 Å².